The second-order valence-corrected chi connectivity index (χ2v) is 4.57. The molecule has 2 N–H and O–H groups in total. The van der Waals surface area contributed by atoms with E-state index in [2.05, 4.69) is 17.3 Å². The molecule has 14 heavy (non-hydrogen) atoms. The van der Waals surface area contributed by atoms with Gasteiger partial charge in [-0.1, -0.05) is 0 Å². The average Bonchev–Trinajstić information content (AvgIpc) is 2.85. The van der Waals surface area contributed by atoms with Crippen LogP contribution in [0.1, 0.15) is 26.7 Å². The Bertz CT molecular complexity index is 212. The number of nitrogens with one attached hydrogen (secondary N) is 1. The first kappa shape index (κ1) is 11.5. The van der Waals surface area contributed by atoms with Crippen LogP contribution in [0.15, 0.2) is 0 Å². The summed E-state index contributed by atoms with van der Waals surface area (Å²) in [7, 11) is 2.09. The number of aliphatic carboxylic acids is 1. The lowest BCUT2D eigenvalue weighted by atomic mass is 10.1. The van der Waals surface area contributed by atoms with E-state index in [4.69, 9.17) is 5.11 Å². The molecule has 0 amide bonds. The highest BCUT2D eigenvalue weighted by Gasteiger charge is 2.28. The van der Waals surface area contributed by atoms with E-state index in [1.54, 1.807) is 13.8 Å². The van der Waals surface area contributed by atoms with Crippen LogP contribution in [0.2, 0.25) is 0 Å². The Morgan fingerprint density at radius 3 is 2.57 bits per heavy atom. The average molecular weight is 200 g/mol. The highest BCUT2D eigenvalue weighted by molar-refractivity contribution is 5.77. The van der Waals surface area contributed by atoms with Crippen LogP contribution in [-0.4, -0.2) is 47.7 Å². The molecule has 0 heterocycles. The van der Waals surface area contributed by atoms with Gasteiger partial charge in [-0.3, -0.25) is 4.79 Å². The number of nitrogens with zero attached hydrogens (tertiary/aromatic N) is 1. The Morgan fingerprint density at radius 2 is 2.14 bits per heavy atom. The van der Waals surface area contributed by atoms with Crippen LogP contribution >= 0.6 is 0 Å². The molecule has 1 aliphatic rings. The van der Waals surface area contributed by atoms with Gasteiger partial charge in [-0.25, -0.2) is 0 Å². The molecule has 0 aromatic rings. The molecule has 1 saturated carbocycles. The van der Waals surface area contributed by atoms with Gasteiger partial charge in [-0.2, -0.15) is 0 Å². The SMILES string of the molecule is CN(CCNC(C)(C)C(=O)O)C1CC1. The number of carboxylic acids is 1. The van der Waals surface area contributed by atoms with E-state index >= 15 is 0 Å². The molecule has 0 atom stereocenters. The Labute approximate surface area is 85.3 Å². The fourth-order valence-corrected chi connectivity index (χ4v) is 1.32. The predicted octanol–water partition coefficient (Wildman–Crippen LogP) is 0.533. The minimum atomic E-state index is -0.815. The largest absolute Gasteiger partial charge is 0.480 e. The molecule has 0 bridgehead atoms. The van der Waals surface area contributed by atoms with E-state index in [0.29, 0.717) is 0 Å². The molecule has 0 aromatic carbocycles. The van der Waals surface area contributed by atoms with E-state index in [1.807, 2.05) is 0 Å². The van der Waals surface area contributed by atoms with Gasteiger partial charge in [0, 0.05) is 19.1 Å². The summed E-state index contributed by atoms with van der Waals surface area (Å²) >= 11 is 0. The molecule has 0 unspecified atom stereocenters. The van der Waals surface area contributed by atoms with Gasteiger partial charge >= 0.3 is 5.97 Å². The highest BCUT2D eigenvalue weighted by atomic mass is 16.4. The smallest absolute Gasteiger partial charge is 0.323 e. The van der Waals surface area contributed by atoms with Gasteiger partial charge in [-0.05, 0) is 33.7 Å². The number of rotatable bonds is 6. The van der Waals surface area contributed by atoms with Crippen molar-refractivity contribution in [1.82, 2.24) is 10.2 Å². The van der Waals surface area contributed by atoms with Gasteiger partial charge < -0.3 is 15.3 Å². The van der Waals surface area contributed by atoms with Crippen LogP contribution in [0.5, 0.6) is 0 Å². The van der Waals surface area contributed by atoms with Crippen LogP contribution in [0.4, 0.5) is 0 Å². The van der Waals surface area contributed by atoms with E-state index < -0.39 is 11.5 Å². The van der Waals surface area contributed by atoms with E-state index in [-0.39, 0.29) is 0 Å². The standard InChI is InChI=1S/C10H20N2O2/c1-10(2,9(13)14)11-6-7-12(3)8-4-5-8/h8,11H,4-7H2,1-3H3,(H,13,14). The molecule has 4 heteroatoms. The van der Waals surface area contributed by atoms with Gasteiger partial charge in [0.1, 0.15) is 5.54 Å². The topological polar surface area (TPSA) is 52.6 Å². The molecule has 0 aromatic heterocycles. The van der Waals surface area contributed by atoms with Crippen molar-refractivity contribution in [2.45, 2.75) is 38.3 Å². The molecular weight excluding hydrogens is 180 g/mol. The summed E-state index contributed by atoms with van der Waals surface area (Å²) in [5.74, 6) is -0.799. The third-order valence-electron chi connectivity index (χ3n) is 2.74. The van der Waals surface area contributed by atoms with Crippen LogP contribution in [0.25, 0.3) is 0 Å². The molecule has 1 aliphatic carbocycles. The first-order chi connectivity index (χ1) is 6.43. The van der Waals surface area contributed by atoms with Gasteiger partial charge in [-0.15, -0.1) is 0 Å². The molecule has 82 valence electrons. The Morgan fingerprint density at radius 1 is 1.57 bits per heavy atom. The lowest BCUT2D eigenvalue weighted by molar-refractivity contribution is -0.143. The third kappa shape index (κ3) is 3.27. The van der Waals surface area contributed by atoms with Crippen molar-refractivity contribution in [1.29, 1.82) is 0 Å². The molecule has 1 fully saturated rings. The summed E-state index contributed by atoms with van der Waals surface area (Å²) in [6.07, 6.45) is 2.58. The maximum Gasteiger partial charge on any atom is 0.323 e. The van der Waals surface area contributed by atoms with Crippen molar-refractivity contribution in [2.75, 3.05) is 20.1 Å². The van der Waals surface area contributed by atoms with Gasteiger partial charge in [0.25, 0.3) is 0 Å². The number of carbonyl (C=O) groups is 1. The Balaban J connectivity index is 2.16. The normalized spacial score (nSPS) is 17.4. The predicted molar refractivity (Wildman–Crippen MR) is 55.4 cm³/mol. The first-order valence-electron chi connectivity index (χ1n) is 5.12. The summed E-state index contributed by atoms with van der Waals surface area (Å²) in [5.41, 5.74) is -0.815. The van der Waals surface area contributed by atoms with Crippen LogP contribution in [0.3, 0.4) is 0 Å². The van der Waals surface area contributed by atoms with E-state index in [1.165, 1.54) is 12.8 Å². The molecule has 0 aliphatic heterocycles. The fourth-order valence-electron chi connectivity index (χ4n) is 1.32. The molecule has 4 nitrogen and oxygen atoms in total. The summed E-state index contributed by atoms with van der Waals surface area (Å²) in [6, 6.07) is 0.741. The summed E-state index contributed by atoms with van der Waals surface area (Å²) in [5, 5.41) is 11.9. The van der Waals surface area contributed by atoms with Crippen LogP contribution < -0.4 is 5.32 Å². The second-order valence-electron chi connectivity index (χ2n) is 4.57. The van der Waals surface area contributed by atoms with Crippen molar-refractivity contribution in [3.05, 3.63) is 0 Å². The zero-order valence-corrected chi connectivity index (χ0v) is 9.21. The van der Waals surface area contributed by atoms with Crippen molar-refractivity contribution >= 4 is 5.97 Å². The zero-order chi connectivity index (χ0) is 10.8. The quantitative estimate of drug-likeness (QED) is 0.657. The summed E-state index contributed by atoms with van der Waals surface area (Å²) in [4.78, 5) is 13.0. The first-order valence-corrected chi connectivity index (χ1v) is 5.12. The molecule has 0 saturated heterocycles. The van der Waals surface area contributed by atoms with Gasteiger partial charge in [0.15, 0.2) is 0 Å². The molecule has 0 spiro atoms. The summed E-state index contributed by atoms with van der Waals surface area (Å²) < 4.78 is 0. The maximum atomic E-state index is 10.8. The van der Waals surface area contributed by atoms with Crippen molar-refractivity contribution < 1.29 is 9.90 Å². The monoisotopic (exact) mass is 200 g/mol. The fraction of sp³-hybridized carbons (Fsp3) is 0.900. The minimum absolute atomic E-state index is 0.728. The van der Waals surface area contributed by atoms with E-state index in [9.17, 15) is 4.79 Å². The minimum Gasteiger partial charge on any atom is -0.480 e. The molecular formula is C10H20N2O2. The van der Waals surface area contributed by atoms with Crippen LogP contribution in [-0.2, 0) is 4.79 Å². The summed E-state index contributed by atoms with van der Waals surface area (Å²) in [6.45, 7) is 5.02. The van der Waals surface area contributed by atoms with Crippen molar-refractivity contribution in [2.24, 2.45) is 0 Å². The van der Waals surface area contributed by atoms with Gasteiger partial charge in [0.2, 0.25) is 0 Å². The number of hydrogen-bond acceptors (Lipinski definition) is 3. The highest BCUT2D eigenvalue weighted by Crippen LogP contribution is 2.24. The lowest BCUT2D eigenvalue weighted by Crippen LogP contribution is -2.49. The number of hydrogen-bond donors (Lipinski definition) is 2. The number of carboxylic acid groups (broad SMARTS) is 1. The Hall–Kier alpha value is -0.610. The molecule has 0 radical (unpaired) electrons. The Kier molecular flexibility index (Phi) is 3.50. The lowest BCUT2D eigenvalue weighted by Gasteiger charge is -2.23. The maximum absolute atomic E-state index is 10.8. The van der Waals surface area contributed by atoms with E-state index in [0.717, 1.165) is 19.1 Å². The third-order valence-corrected chi connectivity index (χ3v) is 2.74. The van der Waals surface area contributed by atoms with Crippen molar-refractivity contribution in [3.63, 3.8) is 0 Å². The van der Waals surface area contributed by atoms with Gasteiger partial charge in [0.05, 0.1) is 0 Å². The second kappa shape index (κ2) is 4.28. The number of likely N-dealkylation sites (N-methyl/N-ethyl adjacent to an activating group) is 1. The molecule has 1 rings (SSSR count). The van der Waals surface area contributed by atoms with Crippen molar-refractivity contribution in [3.8, 4) is 0 Å². The zero-order valence-electron chi connectivity index (χ0n) is 9.21. The van der Waals surface area contributed by atoms with Crippen LogP contribution in [0, 0.1) is 0 Å².